The Balaban J connectivity index is 1.22. The zero-order valence-corrected chi connectivity index (χ0v) is 24.4. The van der Waals surface area contributed by atoms with Crippen molar-refractivity contribution in [2.45, 2.75) is 12.0 Å². The molecule has 3 heterocycles. The lowest BCUT2D eigenvalue weighted by atomic mass is 9.90. The first-order valence-electron chi connectivity index (χ1n) is 15.5. The topological polar surface area (TPSA) is 27.3 Å². The number of aromatic nitrogens is 1. The van der Waals surface area contributed by atoms with E-state index in [1.165, 1.54) is 27.4 Å². The van der Waals surface area contributed by atoms with Gasteiger partial charge in [0, 0.05) is 49.8 Å². The highest BCUT2D eigenvalue weighted by Crippen LogP contribution is 2.47. The molecule has 2 unspecified atom stereocenters. The lowest BCUT2D eigenvalue weighted by Gasteiger charge is -2.14. The molecule has 0 spiro atoms. The Hall–Kier alpha value is -5.80. The molecule has 2 aliphatic rings. The Morgan fingerprint density at radius 1 is 0.533 bits per heavy atom. The van der Waals surface area contributed by atoms with E-state index in [1.807, 2.05) is 12.1 Å². The van der Waals surface area contributed by atoms with Crippen LogP contribution >= 0.6 is 0 Å². The number of rotatable bonds is 3. The van der Waals surface area contributed by atoms with E-state index < -0.39 is 0 Å². The van der Waals surface area contributed by atoms with Crippen molar-refractivity contribution < 1.29 is 9.15 Å². The third-order valence-corrected chi connectivity index (χ3v) is 9.55. The summed E-state index contributed by atoms with van der Waals surface area (Å²) in [6.45, 7) is 0. The Kier molecular flexibility index (Phi) is 5.11. The van der Waals surface area contributed by atoms with Gasteiger partial charge in [0.1, 0.15) is 23.0 Å². The van der Waals surface area contributed by atoms with Gasteiger partial charge in [0.05, 0.1) is 11.0 Å². The molecule has 0 saturated heterocycles. The second-order valence-electron chi connectivity index (χ2n) is 12.0. The highest BCUT2D eigenvalue weighted by Gasteiger charge is 2.33. The maximum atomic E-state index is 6.56. The number of hydrogen-bond acceptors (Lipinski definition) is 2. The quantitative estimate of drug-likeness (QED) is 0.209. The van der Waals surface area contributed by atoms with E-state index in [-0.39, 0.29) is 12.0 Å². The van der Waals surface area contributed by atoms with Crippen LogP contribution in [-0.4, -0.2) is 10.7 Å². The maximum absolute atomic E-state index is 6.56. The number of para-hydroxylation sites is 4. The maximum Gasteiger partial charge on any atom is 0.143 e. The molecule has 0 saturated carbocycles. The summed E-state index contributed by atoms with van der Waals surface area (Å²) in [4.78, 5) is 0. The highest BCUT2D eigenvalue weighted by atomic mass is 16.5. The van der Waals surface area contributed by atoms with Crippen LogP contribution in [0.15, 0.2) is 156 Å². The van der Waals surface area contributed by atoms with E-state index in [9.17, 15) is 0 Å². The van der Waals surface area contributed by atoms with Crippen molar-refractivity contribution in [3.05, 3.63) is 157 Å². The summed E-state index contributed by atoms with van der Waals surface area (Å²) < 4.78 is 15.4. The van der Waals surface area contributed by atoms with Crippen molar-refractivity contribution in [3.63, 3.8) is 0 Å². The van der Waals surface area contributed by atoms with E-state index in [1.54, 1.807) is 0 Å². The van der Waals surface area contributed by atoms with Gasteiger partial charge in [0.2, 0.25) is 0 Å². The molecule has 10 rings (SSSR count). The first-order chi connectivity index (χ1) is 22.3. The fourth-order valence-electron chi connectivity index (χ4n) is 7.48. The van der Waals surface area contributed by atoms with Crippen LogP contribution in [0.25, 0.3) is 71.7 Å². The minimum absolute atomic E-state index is 0.0541. The van der Waals surface area contributed by atoms with Gasteiger partial charge in [-0.3, -0.25) is 0 Å². The lowest BCUT2D eigenvalue weighted by Crippen LogP contribution is -2.15. The van der Waals surface area contributed by atoms with Crippen molar-refractivity contribution in [3.8, 4) is 33.7 Å². The molecular formula is C42H27NO2. The van der Waals surface area contributed by atoms with E-state index in [0.717, 1.165) is 55.6 Å². The third-order valence-electron chi connectivity index (χ3n) is 9.55. The van der Waals surface area contributed by atoms with Gasteiger partial charge in [-0.05, 0) is 59.7 Å². The standard InChI is InChI=1S/C42H27NO2/c1-2-10-28(11-3-1)43-37-22-20-26(29-14-8-16-33-31-12-4-6-18-39(31)44-41(29)33)24-35(37)36-25-27(21-23-38(36)43)30-15-9-17-34-32-13-5-7-19-40(32)45-42(30)34/h1-25,31,39H. The van der Waals surface area contributed by atoms with Crippen LogP contribution in [0.3, 0.4) is 0 Å². The molecule has 3 heteroatoms. The van der Waals surface area contributed by atoms with Crippen LogP contribution in [0.5, 0.6) is 5.75 Å². The van der Waals surface area contributed by atoms with Crippen molar-refractivity contribution in [1.82, 2.24) is 4.57 Å². The average molecular weight is 578 g/mol. The molecule has 8 aromatic rings. The van der Waals surface area contributed by atoms with Crippen molar-refractivity contribution in [1.29, 1.82) is 0 Å². The summed E-state index contributed by atoms with van der Waals surface area (Å²) in [5.41, 5.74) is 11.1. The number of benzene rings is 6. The fourth-order valence-corrected chi connectivity index (χ4v) is 7.48. The minimum atomic E-state index is 0.0541. The summed E-state index contributed by atoms with van der Waals surface area (Å²) in [6.07, 6.45) is 8.68. The molecule has 45 heavy (non-hydrogen) atoms. The predicted molar refractivity (Wildman–Crippen MR) is 184 cm³/mol. The van der Waals surface area contributed by atoms with Gasteiger partial charge >= 0.3 is 0 Å². The summed E-state index contributed by atoms with van der Waals surface area (Å²) >= 11 is 0. The van der Waals surface area contributed by atoms with Gasteiger partial charge in [-0.2, -0.15) is 0 Å². The molecular weight excluding hydrogens is 550 g/mol. The van der Waals surface area contributed by atoms with Gasteiger partial charge in [-0.25, -0.2) is 0 Å². The number of fused-ring (bicyclic) bond motifs is 9. The van der Waals surface area contributed by atoms with E-state index in [2.05, 4.69) is 144 Å². The van der Waals surface area contributed by atoms with Crippen molar-refractivity contribution in [2.24, 2.45) is 0 Å². The Morgan fingerprint density at radius 3 is 2.07 bits per heavy atom. The molecule has 0 N–H and O–H groups in total. The summed E-state index contributed by atoms with van der Waals surface area (Å²) in [5.74, 6) is 1.25. The van der Waals surface area contributed by atoms with E-state index in [0.29, 0.717) is 0 Å². The largest absolute Gasteiger partial charge is 0.484 e. The first kappa shape index (κ1) is 24.6. The number of nitrogens with zero attached hydrogens (tertiary/aromatic N) is 1. The lowest BCUT2D eigenvalue weighted by molar-refractivity contribution is 0.270. The third kappa shape index (κ3) is 3.58. The minimum Gasteiger partial charge on any atom is -0.484 e. The number of hydrogen-bond donors (Lipinski definition) is 0. The molecule has 6 aromatic carbocycles. The second-order valence-corrected chi connectivity index (χ2v) is 12.0. The zero-order chi connectivity index (χ0) is 29.5. The highest BCUT2D eigenvalue weighted by molar-refractivity contribution is 6.14. The SMILES string of the molecule is C1=CC2Oc3c(-c4ccc5c(c4)c4cc(-c6cccc7c6oc6ccccc67)ccc4n5-c4ccccc4)cccc3C2C=C1. The van der Waals surface area contributed by atoms with Gasteiger partial charge in [0.25, 0.3) is 0 Å². The molecule has 0 radical (unpaired) electrons. The van der Waals surface area contributed by atoms with Crippen LogP contribution in [0.1, 0.15) is 11.5 Å². The second kappa shape index (κ2) is 9.35. The average Bonchev–Trinajstić information content (AvgIpc) is 3.77. The normalized spacial score (nSPS) is 16.9. The zero-order valence-electron chi connectivity index (χ0n) is 24.4. The molecule has 2 aromatic heterocycles. The number of furan rings is 1. The van der Waals surface area contributed by atoms with Crippen molar-refractivity contribution in [2.75, 3.05) is 0 Å². The van der Waals surface area contributed by atoms with Gasteiger partial charge in [-0.15, -0.1) is 0 Å². The molecule has 3 nitrogen and oxygen atoms in total. The van der Waals surface area contributed by atoms with Crippen LogP contribution in [0, 0.1) is 0 Å². The van der Waals surface area contributed by atoms with E-state index >= 15 is 0 Å². The summed E-state index contributed by atoms with van der Waals surface area (Å²) in [6, 6.07) is 45.6. The van der Waals surface area contributed by atoms with Crippen LogP contribution in [-0.2, 0) is 0 Å². The van der Waals surface area contributed by atoms with Crippen molar-refractivity contribution >= 4 is 43.7 Å². The molecule has 0 bridgehead atoms. The molecule has 2 atom stereocenters. The summed E-state index contributed by atoms with van der Waals surface area (Å²) in [7, 11) is 0. The molecule has 0 fully saturated rings. The fraction of sp³-hybridized carbons (Fsp3) is 0.0476. The molecule has 1 aliphatic carbocycles. The molecule has 0 amide bonds. The molecule has 1 aliphatic heterocycles. The Morgan fingerprint density at radius 2 is 1.22 bits per heavy atom. The summed E-state index contributed by atoms with van der Waals surface area (Å²) in [5, 5.41) is 4.69. The number of allylic oxidation sites excluding steroid dienone is 2. The smallest absolute Gasteiger partial charge is 0.143 e. The first-order valence-corrected chi connectivity index (χ1v) is 15.5. The van der Waals surface area contributed by atoms with Gasteiger partial charge in [0.15, 0.2) is 0 Å². The van der Waals surface area contributed by atoms with Crippen LogP contribution in [0.2, 0.25) is 0 Å². The van der Waals surface area contributed by atoms with Gasteiger partial charge < -0.3 is 13.7 Å². The van der Waals surface area contributed by atoms with Crippen LogP contribution < -0.4 is 4.74 Å². The molecule has 212 valence electrons. The predicted octanol–water partition coefficient (Wildman–Crippen LogP) is 11.0. The number of ether oxygens (including phenoxy) is 1. The van der Waals surface area contributed by atoms with Crippen LogP contribution in [0.4, 0.5) is 0 Å². The Bertz CT molecular complexity index is 2530. The Labute approximate surface area is 259 Å². The monoisotopic (exact) mass is 577 g/mol. The van der Waals surface area contributed by atoms with E-state index in [4.69, 9.17) is 9.15 Å². The van der Waals surface area contributed by atoms with Gasteiger partial charge in [-0.1, -0.05) is 103 Å².